The minimum Gasteiger partial charge on any atom is -0.508 e. The molecular formula is C40H56N2O. The number of aromatic nitrogens is 1. The van der Waals surface area contributed by atoms with Crippen molar-refractivity contribution in [1.29, 1.82) is 0 Å². The third-order valence-electron chi connectivity index (χ3n) is 6.70. The molecule has 0 spiro atoms. The Kier molecular flexibility index (Phi) is 16.2. The Balaban J connectivity index is 0.000000202. The van der Waals surface area contributed by atoms with Crippen LogP contribution in [0.3, 0.4) is 0 Å². The number of fused-ring (bicyclic) bond motifs is 1. The average molecular weight is 581 g/mol. The van der Waals surface area contributed by atoms with Crippen LogP contribution in [0, 0.1) is 23.7 Å². The molecule has 0 aliphatic carbocycles. The summed E-state index contributed by atoms with van der Waals surface area (Å²) in [7, 11) is 0. The number of H-pyrrole nitrogens is 1. The van der Waals surface area contributed by atoms with Crippen LogP contribution in [0.1, 0.15) is 84.9 Å². The molecule has 0 radical (unpaired) electrons. The normalized spacial score (nSPS) is 12.0. The first kappa shape index (κ1) is 35.6. The highest BCUT2D eigenvalue weighted by Gasteiger charge is 2.04. The van der Waals surface area contributed by atoms with Crippen LogP contribution in [0.5, 0.6) is 5.75 Å². The molecule has 1 aliphatic rings. The first-order valence-corrected chi connectivity index (χ1v) is 16.1. The number of nitrogens with one attached hydrogen (secondary N) is 1. The summed E-state index contributed by atoms with van der Waals surface area (Å²) in [5, 5.41) is 10.4. The van der Waals surface area contributed by atoms with Crippen molar-refractivity contribution >= 4 is 17.1 Å². The Labute approximate surface area is 262 Å². The van der Waals surface area contributed by atoms with Crippen LogP contribution in [-0.4, -0.2) is 16.3 Å². The number of aliphatic imine (C=N–C) groups is 1. The van der Waals surface area contributed by atoms with Gasteiger partial charge in [-0.1, -0.05) is 122 Å². The Morgan fingerprint density at radius 1 is 0.628 bits per heavy atom. The SMILES string of the molecule is CC(C)CC1=CCC=N1.CC(C)Cc1c[nH]c2ccccc12.CC(C)Cc1ccc(O)cc1.CC(C)Cc1ccccc1. The maximum Gasteiger partial charge on any atom is 0.115 e. The van der Waals surface area contributed by atoms with Crippen molar-refractivity contribution in [2.45, 2.75) is 87.5 Å². The van der Waals surface area contributed by atoms with E-state index in [0.29, 0.717) is 11.7 Å². The summed E-state index contributed by atoms with van der Waals surface area (Å²) in [6.45, 7) is 17.8. The maximum atomic E-state index is 8.99. The second-order valence-electron chi connectivity index (χ2n) is 13.1. The summed E-state index contributed by atoms with van der Waals surface area (Å²) in [5.74, 6) is 3.25. The maximum absolute atomic E-state index is 8.99. The zero-order valence-electron chi connectivity index (χ0n) is 28.0. The van der Waals surface area contributed by atoms with Crippen LogP contribution >= 0.6 is 0 Å². The van der Waals surface area contributed by atoms with Gasteiger partial charge in [-0.25, -0.2) is 0 Å². The van der Waals surface area contributed by atoms with E-state index in [0.717, 1.165) is 43.4 Å². The molecule has 1 aromatic heterocycles. The Morgan fingerprint density at radius 2 is 1.16 bits per heavy atom. The molecule has 0 unspecified atom stereocenters. The molecule has 3 heteroatoms. The van der Waals surface area contributed by atoms with Gasteiger partial charge in [-0.15, -0.1) is 0 Å². The molecule has 4 aromatic rings. The van der Waals surface area contributed by atoms with Crippen molar-refractivity contribution in [1.82, 2.24) is 4.98 Å². The zero-order valence-corrected chi connectivity index (χ0v) is 28.0. The Hall–Kier alpha value is -3.59. The van der Waals surface area contributed by atoms with E-state index in [9.17, 15) is 0 Å². The number of phenols is 1. The molecule has 0 saturated carbocycles. The van der Waals surface area contributed by atoms with Crippen molar-refractivity contribution < 1.29 is 5.11 Å². The van der Waals surface area contributed by atoms with E-state index in [2.05, 4.69) is 132 Å². The van der Waals surface area contributed by atoms with Crippen molar-refractivity contribution in [2.24, 2.45) is 28.7 Å². The molecular weight excluding hydrogens is 524 g/mol. The van der Waals surface area contributed by atoms with Crippen molar-refractivity contribution in [3.8, 4) is 5.75 Å². The van der Waals surface area contributed by atoms with Crippen molar-refractivity contribution in [3.05, 3.63) is 114 Å². The van der Waals surface area contributed by atoms with Gasteiger partial charge < -0.3 is 10.1 Å². The third kappa shape index (κ3) is 15.4. The average Bonchev–Trinajstić information content (AvgIpc) is 3.61. The number of hydrogen-bond acceptors (Lipinski definition) is 2. The van der Waals surface area contributed by atoms with Crippen LogP contribution in [0.25, 0.3) is 10.9 Å². The summed E-state index contributed by atoms with van der Waals surface area (Å²) in [4.78, 5) is 7.51. The first-order chi connectivity index (χ1) is 20.5. The van der Waals surface area contributed by atoms with E-state index in [1.807, 2.05) is 18.3 Å². The monoisotopic (exact) mass is 580 g/mol. The summed E-state index contributed by atoms with van der Waals surface area (Å²) < 4.78 is 0. The zero-order chi connectivity index (χ0) is 31.6. The fraction of sp³-hybridized carbons (Fsp3) is 0.425. The highest BCUT2D eigenvalue weighted by molar-refractivity contribution is 5.83. The number of rotatable bonds is 8. The van der Waals surface area contributed by atoms with Gasteiger partial charge in [-0.2, -0.15) is 0 Å². The molecule has 0 atom stereocenters. The van der Waals surface area contributed by atoms with E-state index in [-0.39, 0.29) is 0 Å². The second-order valence-corrected chi connectivity index (χ2v) is 13.1. The van der Waals surface area contributed by atoms with Crippen molar-refractivity contribution in [3.63, 3.8) is 0 Å². The van der Waals surface area contributed by atoms with Gasteiger partial charge in [0, 0.05) is 35.4 Å². The summed E-state index contributed by atoms with van der Waals surface area (Å²) >= 11 is 0. The molecule has 0 bridgehead atoms. The standard InChI is InChI=1S/C12H15N.C10H14O.C10H14.C8H13N/c1-9(2)7-10-8-13-12-6-4-3-5-11(10)12;1-8(2)7-9-3-5-10(11)6-4-9;1-9(2)8-10-6-4-3-5-7-10;1-7(2)6-8-4-3-5-9-8/h3-6,8-9,13H,7H2,1-2H3;3-6,8,11H,7H2,1-2H3;3-7,9H,8H2,1-2H3;4-5,7H,3,6H2,1-2H3. The highest BCUT2D eigenvalue weighted by Crippen LogP contribution is 2.20. The number of allylic oxidation sites excluding steroid dienone is 2. The van der Waals surface area contributed by atoms with Gasteiger partial charge in [-0.3, -0.25) is 4.99 Å². The van der Waals surface area contributed by atoms with Gasteiger partial charge in [0.2, 0.25) is 0 Å². The van der Waals surface area contributed by atoms with Gasteiger partial charge in [-0.05, 0) is 84.2 Å². The van der Waals surface area contributed by atoms with E-state index in [1.54, 1.807) is 12.1 Å². The molecule has 0 saturated heterocycles. The molecule has 3 aromatic carbocycles. The second kappa shape index (κ2) is 19.6. The van der Waals surface area contributed by atoms with Crippen LogP contribution in [0.15, 0.2) is 102 Å². The molecule has 0 amide bonds. The lowest BCUT2D eigenvalue weighted by Gasteiger charge is -2.03. The van der Waals surface area contributed by atoms with Gasteiger partial charge in [0.15, 0.2) is 0 Å². The summed E-state index contributed by atoms with van der Waals surface area (Å²) in [6.07, 6.45) is 11.9. The number of phenolic OH excluding ortho intramolecular Hbond substituents is 1. The van der Waals surface area contributed by atoms with Gasteiger partial charge in [0.1, 0.15) is 5.75 Å². The van der Waals surface area contributed by atoms with Crippen LogP contribution in [-0.2, 0) is 19.3 Å². The minimum absolute atomic E-state index is 0.345. The Bertz CT molecular complexity index is 1340. The minimum atomic E-state index is 0.345. The quantitative estimate of drug-likeness (QED) is 0.214. The number of hydrogen-bond donors (Lipinski definition) is 2. The lowest BCUT2D eigenvalue weighted by molar-refractivity contribution is 0.475. The van der Waals surface area contributed by atoms with E-state index in [1.165, 1.54) is 39.7 Å². The fourth-order valence-corrected chi connectivity index (χ4v) is 4.89. The van der Waals surface area contributed by atoms with Gasteiger partial charge in [0.05, 0.1) is 0 Å². The summed E-state index contributed by atoms with van der Waals surface area (Å²) in [6, 6.07) is 26.5. The fourth-order valence-electron chi connectivity index (χ4n) is 4.89. The molecule has 232 valence electrons. The first-order valence-electron chi connectivity index (χ1n) is 16.1. The predicted molar refractivity (Wildman–Crippen MR) is 189 cm³/mol. The number of para-hydroxylation sites is 1. The lowest BCUT2D eigenvalue weighted by atomic mass is 10.0. The largest absolute Gasteiger partial charge is 0.508 e. The topological polar surface area (TPSA) is 48.4 Å². The number of benzene rings is 3. The number of aromatic amines is 1. The van der Waals surface area contributed by atoms with E-state index < -0.39 is 0 Å². The third-order valence-corrected chi connectivity index (χ3v) is 6.70. The van der Waals surface area contributed by atoms with Gasteiger partial charge >= 0.3 is 0 Å². The molecule has 43 heavy (non-hydrogen) atoms. The smallest absolute Gasteiger partial charge is 0.115 e. The van der Waals surface area contributed by atoms with E-state index in [4.69, 9.17) is 5.11 Å². The predicted octanol–water partition coefficient (Wildman–Crippen LogP) is 11.2. The lowest BCUT2D eigenvalue weighted by Crippen LogP contribution is -1.92. The molecule has 3 nitrogen and oxygen atoms in total. The van der Waals surface area contributed by atoms with Crippen LogP contribution < -0.4 is 0 Å². The molecule has 5 rings (SSSR count). The van der Waals surface area contributed by atoms with Crippen LogP contribution in [0.4, 0.5) is 0 Å². The van der Waals surface area contributed by atoms with Crippen LogP contribution in [0.2, 0.25) is 0 Å². The van der Waals surface area contributed by atoms with E-state index >= 15 is 0 Å². The Morgan fingerprint density at radius 3 is 1.70 bits per heavy atom. The molecule has 1 aliphatic heterocycles. The highest BCUT2D eigenvalue weighted by atomic mass is 16.3. The molecule has 2 heterocycles. The van der Waals surface area contributed by atoms with Crippen molar-refractivity contribution in [2.75, 3.05) is 0 Å². The summed E-state index contributed by atoms with van der Waals surface area (Å²) in [5.41, 5.74) is 6.68. The number of nitrogens with zero attached hydrogens (tertiary/aromatic N) is 1. The molecule has 0 fully saturated rings. The molecule has 2 N–H and O–H groups in total. The van der Waals surface area contributed by atoms with Gasteiger partial charge in [0.25, 0.3) is 0 Å². The number of aromatic hydroxyl groups is 1.